The van der Waals surface area contributed by atoms with E-state index in [1.807, 2.05) is 29.2 Å². The molecule has 156 valence electrons. The van der Waals surface area contributed by atoms with Gasteiger partial charge in [0.2, 0.25) is 5.91 Å². The van der Waals surface area contributed by atoms with E-state index in [2.05, 4.69) is 45.4 Å². The lowest BCUT2D eigenvalue weighted by Gasteiger charge is -2.45. The molecule has 2 N–H and O–H groups in total. The minimum absolute atomic E-state index is 0.101. The molecule has 0 radical (unpaired) electrons. The predicted octanol–water partition coefficient (Wildman–Crippen LogP) is 2.61. The Labute approximate surface area is 175 Å². The van der Waals surface area contributed by atoms with Gasteiger partial charge in [-0.1, -0.05) is 24.3 Å². The predicted molar refractivity (Wildman–Crippen MR) is 114 cm³/mol. The van der Waals surface area contributed by atoms with Crippen LogP contribution in [0.1, 0.15) is 31.9 Å². The van der Waals surface area contributed by atoms with Gasteiger partial charge in [-0.15, -0.1) is 5.10 Å². The van der Waals surface area contributed by atoms with Crippen molar-refractivity contribution in [1.82, 2.24) is 25.5 Å². The molecular formula is C22H26N6O2. The molecule has 1 aromatic heterocycles. The van der Waals surface area contributed by atoms with Gasteiger partial charge in [-0.25, -0.2) is 5.10 Å². The molecule has 0 bridgehead atoms. The molecule has 3 aromatic rings. The standard InChI is InChI=1S/C22H26N6O2/c1-14-13-28(15(2)12-27(14)16(3)29)19-9-17(10-20(30)11-19)8-18-6-4-5-7-21(18)22-23-25-26-24-22/h4-7,9-11,14-15,30H,8,12-13H2,1-3H3,(H,23,24,25,26)/t14-,15+/m1/s1. The second-order valence-corrected chi connectivity index (χ2v) is 7.96. The van der Waals surface area contributed by atoms with E-state index < -0.39 is 0 Å². The fourth-order valence-electron chi connectivity index (χ4n) is 4.25. The van der Waals surface area contributed by atoms with E-state index in [-0.39, 0.29) is 23.7 Å². The van der Waals surface area contributed by atoms with Gasteiger partial charge in [-0.3, -0.25) is 4.79 Å². The van der Waals surface area contributed by atoms with E-state index in [1.165, 1.54) is 0 Å². The van der Waals surface area contributed by atoms with Crippen molar-refractivity contribution < 1.29 is 9.90 Å². The fraction of sp³-hybridized carbons (Fsp3) is 0.364. The average molecular weight is 406 g/mol. The number of benzene rings is 2. The highest BCUT2D eigenvalue weighted by Gasteiger charge is 2.30. The molecule has 30 heavy (non-hydrogen) atoms. The number of nitrogens with one attached hydrogen (secondary N) is 1. The summed E-state index contributed by atoms with van der Waals surface area (Å²) in [5.41, 5.74) is 3.96. The number of nitrogens with zero attached hydrogens (tertiary/aromatic N) is 5. The summed E-state index contributed by atoms with van der Waals surface area (Å²) >= 11 is 0. The third-order valence-corrected chi connectivity index (χ3v) is 5.70. The van der Waals surface area contributed by atoms with Crippen molar-refractivity contribution in [1.29, 1.82) is 0 Å². The molecule has 0 aliphatic carbocycles. The second kappa shape index (κ2) is 8.14. The molecule has 1 amide bonds. The first-order valence-electron chi connectivity index (χ1n) is 10.1. The number of aromatic hydroxyl groups is 1. The maximum Gasteiger partial charge on any atom is 0.219 e. The van der Waals surface area contributed by atoms with E-state index in [9.17, 15) is 9.90 Å². The van der Waals surface area contributed by atoms with Crippen LogP contribution in [-0.4, -0.2) is 61.7 Å². The van der Waals surface area contributed by atoms with E-state index in [0.717, 1.165) is 28.9 Å². The number of carbonyl (C=O) groups excluding carboxylic acids is 1. The van der Waals surface area contributed by atoms with Crippen LogP contribution in [0.2, 0.25) is 0 Å². The molecule has 8 nitrogen and oxygen atoms in total. The average Bonchev–Trinajstić information content (AvgIpc) is 3.24. The Morgan fingerprint density at radius 3 is 2.70 bits per heavy atom. The molecule has 2 aromatic carbocycles. The molecule has 0 spiro atoms. The van der Waals surface area contributed by atoms with Crippen molar-refractivity contribution in [3.63, 3.8) is 0 Å². The lowest BCUT2D eigenvalue weighted by atomic mass is 9.98. The van der Waals surface area contributed by atoms with E-state index in [0.29, 0.717) is 18.8 Å². The SMILES string of the molecule is CC(=O)N1C[C@H](C)N(c2cc(O)cc(Cc3ccccc3-c3nnn[nH]3)c2)C[C@H]1C. The molecular weight excluding hydrogens is 380 g/mol. The molecule has 1 saturated heterocycles. The highest BCUT2D eigenvalue weighted by molar-refractivity contribution is 5.74. The van der Waals surface area contributed by atoms with Crippen LogP contribution in [0.3, 0.4) is 0 Å². The summed E-state index contributed by atoms with van der Waals surface area (Å²) in [5, 5.41) is 24.6. The zero-order valence-corrected chi connectivity index (χ0v) is 17.4. The van der Waals surface area contributed by atoms with Crippen molar-refractivity contribution in [3.05, 3.63) is 53.6 Å². The van der Waals surface area contributed by atoms with E-state index >= 15 is 0 Å². The highest BCUT2D eigenvalue weighted by Crippen LogP contribution is 2.30. The summed E-state index contributed by atoms with van der Waals surface area (Å²) in [5.74, 6) is 0.952. The Morgan fingerprint density at radius 2 is 1.97 bits per heavy atom. The smallest absolute Gasteiger partial charge is 0.219 e. The topological polar surface area (TPSA) is 98.2 Å². The zero-order valence-electron chi connectivity index (χ0n) is 17.4. The number of phenols is 1. The van der Waals surface area contributed by atoms with Crippen LogP contribution in [0.25, 0.3) is 11.4 Å². The summed E-state index contributed by atoms with van der Waals surface area (Å²) in [6, 6.07) is 13.9. The molecule has 1 aliphatic rings. The molecule has 1 aliphatic heterocycles. The van der Waals surface area contributed by atoms with Crippen molar-refractivity contribution in [3.8, 4) is 17.1 Å². The number of tetrazole rings is 1. The largest absolute Gasteiger partial charge is 0.508 e. The van der Waals surface area contributed by atoms with Crippen LogP contribution < -0.4 is 4.90 Å². The lowest BCUT2D eigenvalue weighted by molar-refractivity contribution is -0.131. The number of rotatable bonds is 4. The first-order valence-corrected chi connectivity index (χ1v) is 10.1. The van der Waals surface area contributed by atoms with Crippen molar-refractivity contribution in [2.75, 3.05) is 18.0 Å². The molecule has 4 rings (SSSR count). The first kappa shape index (κ1) is 19.9. The first-order chi connectivity index (χ1) is 14.4. The van der Waals surface area contributed by atoms with Gasteiger partial charge in [-0.05, 0) is 54.0 Å². The zero-order chi connectivity index (χ0) is 21.3. The van der Waals surface area contributed by atoms with Gasteiger partial charge in [0.1, 0.15) is 5.75 Å². The minimum Gasteiger partial charge on any atom is -0.508 e. The number of carbonyl (C=O) groups is 1. The van der Waals surface area contributed by atoms with Gasteiger partial charge in [0, 0.05) is 49.4 Å². The summed E-state index contributed by atoms with van der Waals surface area (Å²) in [6.45, 7) is 7.18. The van der Waals surface area contributed by atoms with Gasteiger partial charge in [0.15, 0.2) is 5.82 Å². The van der Waals surface area contributed by atoms with Crippen LogP contribution in [0.15, 0.2) is 42.5 Å². The highest BCUT2D eigenvalue weighted by atomic mass is 16.3. The summed E-state index contributed by atoms with van der Waals surface area (Å²) in [7, 11) is 0. The third-order valence-electron chi connectivity index (χ3n) is 5.70. The number of phenolic OH excluding ortho intramolecular Hbond substituents is 1. The molecule has 8 heteroatoms. The second-order valence-electron chi connectivity index (χ2n) is 7.96. The number of aromatic amines is 1. The van der Waals surface area contributed by atoms with Gasteiger partial charge in [0.25, 0.3) is 0 Å². The van der Waals surface area contributed by atoms with Gasteiger partial charge >= 0.3 is 0 Å². The van der Waals surface area contributed by atoms with E-state index in [1.54, 1.807) is 19.1 Å². The van der Waals surface area contributed by atoms with Crippen LogP contribution in [0, 0.1) is 0 Å². The quantitative estimate of drug-likeness (QED) is 0.691. The fourth-order valence-corrected chi connectivity index (χ4v) is 4.25. The van der Waals surface area contributed by atoms with Crippen molar-refractivity contribution >= 4 is 11.6 Å². The molecule has 0 unspecified atom stereocenters. The number of aromatic nitrogens is 4. The molecule has 1 fully saturated rings. The number of anilines is 1. The number of hydrogen-bond acceptors (Lipinski definition) is 6. The van der Waals surface area contributed by atoms with Crippen LogP contribution >= 0.6 is 0 Å². The Bertz CT molecular complexity index is 1040. The van der Waals surface area contributed by atoms with Crippen LogP contribution in [0.5, 0.6) is 5.75 Å². The minimum atomic E-state index is 0.101. The lowest BCUT2D eigenvalue weighted by Crippen LogP contribution is -2.57. The maximum absolute atomic E-state index is 11.9. The molecule has 2 heterocycles. The summed E-state index contributed by atoms with van der Waals surface area (Å²) in [4.78, 5) is 16.1. The Kier molecular flexibility index (Phi) is 5.39. The van der Waals surface area contributed by atoms with E-state index in [4.69, 9.17) is 0 Å². The summed E-state index contributed by atoms with van der Waals surface area (Å²) in [6.07, 6.45) is 0.635. The van der Waals surface area contributed by atoms with Crippen molar-refractivity contribution in [2.45, 2.75) is 39.3 Å². The number of hydrogen-bond donors (Lipinski definition) is 2. The molecule has 2 atom stereocenters. The summed E-state index contributed by atoms with van der Waals surface area (Å²) < 4.78 is 0. The maximum atomic E-state index is 11.9. The normalized spacial score (nSPS) is 19.2. The number of piperazine rings is 1. The monoisotopic (exact) mass is 406 g/mol. The third kappa shape index (κ3) is 3.98. The van der Waals surface area contributed by atoms with Crippen LogP contribution in [0.4, 0.5) is 5.69 Å². The Balaban J connectivity index is 1.62. The van der Waals surface area contributed by atoms with Gasteiger partial charge in [-0.2, -0.15) is 0 Å². The van der Waals surface area contributed by atoms with Crippen molar-refractivity contribution in [2.24, 2.45) is 0 Å². The number of H-pyrrole nitrogens is 1. The Hall–Kier alpha value is -3.42. The van der Waals surface area contributed by atoms with Gasteiger partial charge in [0.05, 0.1) is 0 Å². The van der Waals surface area contributed by atoms with Crippen LogP contribution in [-0.2, 0) is 11.2 Å². The number of amides is 1. The molecule has 0 saturated carbocycles. The van der Waals surface area contributed by atoms with Gasteiger partial charge < -0.3 is 14.9 Å². The Morgan fingerprint density at radius 1 is 1.17 bits per heavy atom.